The number of aryl methyl sites for hydroxylation is 1. The van der Waals surface area contributed by atoms with Gasteiger partial charge in [0, 0.05) is 0 Å². The number of ether oxygens (including phenoxy) is 1. The van der Waals surface area contributed by atoms with E-state index in [1.165, 1.54) is 6.07 Å². The first-order chi connectivity index (χ1) is 6.49. The van der Waals surface area contributed by atoms with Crippen LogP contribution in [-0.4, -0.2) is 17.2 Å². The van der Waals surface area contributed by atoms with Crippen LogP contribution in [0.2, 0.25) is 0 Å². The van der Waals surface area contributed by atoms with Crippen LogP contribution in [0.25, 0.3) is 0 Å². The predicted octanol–water partition coefficient (Wildman–Crippen LogP) is 2.48. The molecule has 0 saturated carbocycles. The van der Waals surface area contributed by atoms with Crippen molar-refractivity contribution in [3.8, 4) is 5.75 Å². The Kier molecular flexibility index (Phi) is 3.12. The molecule has 1 rings (SSSR count). The van der Waals surface area contributed by atoms with Crippen LogP contribution >= 0.6 is 0 Å². The molecule has 0 amide bonds. The van der Waals surface area contributed by atoms with Gasteiger partial charge in [-0.2, -0.15) is 0 Å². The molecule has 0 spiro atoms. The van der Waals surface area contributed by atoms with Crippen molar-refractivity contribution in [3.05, 3.63) is 29.3 Å². The molecule has 0 aromatic heterocycles. The van der Waals surface area contributed by atoms with Crippen LogP contribution in [0.3, 0.4) is 0 Å². The largest absolute Gasteiger partial charge is 0.491 e. The van der Waals surface area contributed by atoms with Gasteiger partial charge in [-0.05, 0) is 44.5 Å². The van der Waals surface area contributed by atoms with Crippen LogP contribution in [0.5, 0.6) is 5.75 Å². The number of hydrogen-bond donors (Lipinski definition) is 1. The average Bonchev–Trinajstić information content (AvgIpc) is 2.01. The van der Waals surface area contributed by atoms with E-state index in [0.717, 1.165) is 5.56 Å². The Morgan fingerprint density at radius 2 is 2.00 bits per heavy atom. The summed E-state index contributed by atoms with van der Waals surface area (Å²) >= 11 is 0. The minimum Gasteiger partial charge on any atom is -0.491 e. The van der Waals surface area contributed by atoms with E-state index in [9.17, 15) is 4.79 Å². The summed E-state index contributed by atoms with van der Waals surface area (Å²) in [5.41, 5.74) is 1.15. The molecule has 1 N–H and O–H groups in total. The molecule has 0 fully saturated rings. The quantitative estimate of drug-likeness (QED) is 0.804. The fourth-order valence-electron chi connectivity index (χ4n) is 1.21. The zero-order chi connectivity index (χ0) is 10.7. The average molecular weight is 194 g/mol. The van der Waals surface area contributed by atoms with Gasteiger partial charge in [0.1, 0.15) is 5.75 Å². The van der Waals surface area contributed by atoms with Crippen LogP contribution in [0.15, 0.2) is 18.2 Å². The molecular weight excluding hydrogens is 180 g/mol. The van der Waals surface area contributed by atoms with Gasteiger partial charge in [-0.3, -0.25) is 0 Å². The number of aromatic carboxylic acids is 1. The molecule has 1 aromatic rings. The van der Waals surface area contributed by atoms with Crippen molar-refractivity contribution >= 4 is 5.97 Å². The molecule has 0 aliphatic rings. The molecule has 1 aromatic carbocycles. The summed E-state index contributed by atoms with van der Waals surface area (Å²) in [6, 6.07) is 4.98. The van der Waals surface area contributed by atoms with Crippen molar-refractivity contribution in [2.24, 2.45) is 0 Å². The van der Waals surface area contributed by atoms with Crippen molar-refractivity contribution < 1.29 is 14.6 Å². The van der Waals surface area contributed by atoms with Crippen LogP contribution < -0.4 is 4.74 Å². The third-order valence-corrected chi connectivity index (χ3v) is 1.67. The predicted molar refractivity (Wildman–Crippen MR) is 53.9 cm³/mol. The van der Waals surface area contributed by atoms with Gasteiger partial charge in [-0.1, -0.05) is 0 Å². The van der Waals surface area contributed by atoms with Gasteiger partial charge in [0.25, 0.3) is 0 Å². The Bertz CT molecular complexity index is 342. The van der Waals surface area contributed by atoms with Crippen LogP contribution in [0.1, 0.15) is 29.8 Å². The van der Waals surface area contributed by atoms with E-state index < -0.39 is 5.97 Å². The highest BCUT2D eigenvalue weighted by Gasteiger charge is 2.06. The lowest BCUT2D eigenvalue weighted by Gasteiger charge is -2.10. The maximum absolute atomic E-state index is 10.7. The van der Waals surface area contributed by atoms with Gasteiger partial charge in [-0.25, -0.2) is 4.79 Å². The molecule has 0 unspecified atom stereocenters. The SMILES string of the molecule is Cc1cc(OC(C)C)cc(C(=O)O)c1. The minimum absolute atomic E-state index is 0.0541. The Morgan fingerprint density at radius 3 is 2.50 bits per heavy atom. The lowest BCUT2D eigenvalue weighted by atomic mass is 10.1. The van der Waals surface area contributed by atoms with E-state index >= 15 is 0 Å². The highest BCUT2D eigenvalue weighted by molar-refractivity contribution is 5.88. The molecule has 0 saturated heterocycles. The molecule has 0 atom stereocenters. The van der Waals surface area contributed by atoms with Crippen molar-refractivity contribution in [2.75, 3.05) is 0 Å². The fourth-order valence-corrected chi connectivity index (χ4v) is 1.21. The maximum Gasteiger partial charge on any atom is 0.335 e. The van der Waals surface area contributed by atoms with Gasteiger partial charge in [0.15, 0.2) is 0 Å². The standard InChI is InChI=1S/C11H14O3/c1-7(2)14-10-5-8(3)4-9(6-10)11(12)13/h4-7H,1-3H3,(H,12,13). The van der Waals surface area contributed by atoms with E-state index in [0.29, 0.717) is 5.75 Å². The molecule has 76 valence electrons. The van der Waals surface area contributed by atoms with E-state index in [-0.39, 0.29) is 11.7 Å². The van der Waals surface area contributed by atoms with E-state index in [2.05, 4.69) is 0 Å². The summed E-state index contributed by atoms with van der Waals surface area (Å²) in [6.07, 6.45) is 0.0541. The second-order valence-electron chi connectivity index (χ2n) is 3.51. The molecule has 0 heterocycles. The van der Waals surface area contributed by atoms with Crippen molar-refractivity contribution in [1.82, 2.24) is 0 Å². The Balaban J connectivity index is 3.01. The molecule has 14 heavy (non-hydrogen) atoms. The molecule has 3 heteroatoms. The molecule has 3 nitrogen and oxygen atoms in total. The number of benzene rings is 1. The Hall–Kier alpha value is -1.51. The highest BCUT2D eigenvalue weighted by atomic mass is 16.5. The maximum atomic E-state index is 10.7. The second kappa shape index (κ2) is 4.13. The topological polar surface area (TPSA) is 46.5 Å². The van der Waals surface area contributed by atoms with E-state index in [1.807, 2.05) is 26.8 Å². The number of carbonyl (C=O) groups is 1. The van der Waals surface area contributed by atoms with Gasteiger partial charge in [0.2, 0.25) is 0 Å². The van der Waals surface area contributed by atoms with Crippen molar-refractivity contribution in [1.29, 1.82) is 0 Å². The first-order valence-electron chi connectivity index (χ1n) is 4.50. The molecule has 0 radical (unpaired) electrons. The number of rotatable bonds is 3. The number of carboxylic acids is 1. The van der Waals surface area contributed by atoms with E-state index in [1.54, 1.807) is 6.07 Å². The summed E-state index contributed by atoms with van der Waals surface area (Å²) in [7, 11) is 0. The molecule has 0 bridgehead atoms. The minimum atomic E-state index is -0.928. The van der Waals surface area contributed by atoms with Gasteiger partial charge < -0.3 is 9.84 Å². The monoisotopic (exact) mass is 194 g/mol. The smallest absolute Gasteiger partial charge is 0.335 e. The summed E-state index contributed by atoms with van der Waals surface area (Å²) in [5, 5.41) is 8.81. The molecular formula is C11H14O3. The van der Waals surface area contributed by atoms with Crippen LogP contribution in [-0.2, 0) is 0 Å². The van der Waals surface area contributed by atoms with Gasteiger partial charge in [0.05, 0.1) is 11.7 Å². The van der Waals surface area contributed by atoms with Gasteiger partial charge in [-0.15, -0.1) is 0 Å². The normalized spacial score (nSPS) is 10.3. The zero-order valence-electron chi connectivity index (χ0n) is 8.57. The van der Waals surface area contributed by atoms with Gasteiger partial charge >= 0.3 is 5.97 Å². The molecule has 0 aliphatic heterocycles. The summed E-state index contributed by atoms with van der Waals surface area (Å²) in [6.45, 7) is 5.66. The lowest BCUT2D eigenvalue weighted by molar-refractivity contribution is 0.0696. The first kappa shape index (κ1) is 10.6. The summed E-state index contributed by atoms with van der Waals surface area (Å²) in [5.74, 6) is -0.320. The van der Waals surface area contributed by atoms with E-state index in [4.69, 9.17) is 9.84 Å². The second-order valence-corrected chi connectivity index (χ2v) is 3.51. The highest BCUT2D eigenvalue weighted by Crippen LogP contribution is 2.18. The van der Waals surface area contributed by atoms with Crippen molar-refractivity contribution in [3.63, 3.8) is 0 Å². The third kappa shape index (κ3) is 2.76. The van der Waals surface area contributed by atoms with Crippen LogP contribution in [0, 0.1) is 6.92 Å². The summed E-state index contributed by atoms with van der Waals surface area (Å²) < 4.78 is 5.42. The number of carboxylic acid groups (broad SMARTS) is 1. The lowest BCUT2D eigenvalue weighted by Crippen LogP contribution is -2.07. The Labute approximate surface area is 83.3 Å². The van der Waals surface area contributed by atoms with Crippen LogP contribution in [0.4, 0.5) is 0 Å². The molecule has 0 aliphatic carbocycles. The van der Waals surface area contributed by atoms with Crippen molar-refractivity contribution in [2.45, 2.75) is 26.9 Å². The number of hydrogen-bond acceptors (Lipinski definition) is 2. The zero-order valence-corrected chi connectivity index (χ0v) is 8.57. The summed E-state index contributed by atoms with van der Waals surface area (Å²) in [4.78, 5) is 10.7. The first-order valence-corrected chi connectivity index (χ1v) is 4.50. The fraction of sp³-hybridized carbons (Fsp3) is 0.364. The Morgan fingerprint density at radius 1 is 1.36 bits per heavy atom. The third-order valence-electron chi connectivity index (χ3n) is 1.67.